The number of nitrogens with zero attached hydrogens (tertiary/aromatic N) is 1. The van der Waals surface area contributed by atoms with Gasteiger partial charge >= 0.3 is 6.09 Å². The molecule has 0 radical (unpaired) electrons. The second-order valence-electron chi connectivity index (χ2n) is 10.5. The number of likely N-dealkylation sites (tertiary alicyclic amines) is 1. The van der Waals surface area contributed by atoms with Gasteiger partial charge in [-0.1, -0.05) is 45.1 Å². The molecule has 0 bridgehead atoms. The fourth-order valence-corrected chi connectivity index (χ4v) is 4.67. The number of allylic oxidation sites excluding steroid dienone is 4. The average Bonchev–Trinajstić information content (AvgIpc) is 3.05. The van der Waals surface area contributed by atoms with E-state index in [9.17, 15) is 4.79 Å². The van der Waals surface area contributed by atoms with Gasteiger partial charge in [-0.15, -0.1) is 0 Å². The summed E-state index contributed by atoms with van der Waals surface area (Å²) in [6.07, 6.45) is 13.3. The van der Waals surface area contributed by atoms with Crippen LogP contribution in [-0.2, 0) is 4.74 Å². The third-order valence-corrected chi connectivity index (χ3v) is 5.88. The number of carbonyl (C=O) groups is 1. The van der Waals surface area contributed by atoms with Gasteiger partial charge in [0.25, 0.3) is 0 Å². The zero-order valence-corrected chi connectivity index (χ0v) is 18.5. The Bertz CT molecular complexity index is 681. The van der Waals surface area contributed by atoms with Crippen LogP contribution in [0.15, 0.2) is 35.5 Å². The molecule has 0 aromatic carbocycles. The highest BCUT2D eigenvalue weighted by atomic mass is 16.6. The molecule has 3 unspecified atom stereocenters. The molecule has 1 amide bonds. The molecule has 4 nitrogen and oxygen atoms in total. The highest BCUT2D eigenvalue weighted by Gasteiger charge is 2.35. The minimum absolute atomic E-state index is 0.135. The lowest BCUT2D eigenvalue weighted by Gasteiger charge is -2.29. The van der Waals surface area contributed by atoms with Crippen molar-refractivity contribution in [3.63, 3.8) is 0 Å². The Morgan fingerprint density at radius 3 is 2.71 bits per heavy atom. The molecule has 28 heavy (non-hydrogen) atoms. The van der Waals surface area contributed by atoms with E-state index in [1.54, 1.807) is 0 Å². The van der Waals surface area contributed by atoms with Crippen molar-refractivity contribution in [3.8, 4) is 0 Å². The zero-order valence-electron chi connectivity index (χ0n) is 18.5. The molecule has 1 heterocycles. The molecule has 1 saturated heterocycles. The van der Waals surface area contributed by atoms with Crippen molar-refractivity contribution < 1.29 is 9.53 Å². The maximum atomic E-state index is 12.6. The fourth-order valence-electron chi connectivity index (χ4n) is 4.67. The Kier molecular flexibility index (Phi) is 6.09. The van der Waals surface area contributed by atoms with Crippen LogP contribution in [0.2, 0.25) is 0 Å². The van der Waals surface area contributed by atoms with Gasteiger partial charge in [0.05, 0.1) is 0 Å². The van der Waals surface area contributed by atoms with Gasteiger partial charge in [-0.2, -0.15) is 0 Å². The summed E-state index contributed by atoms with van der Waals surface area (Å²) in [6.45, 7) is 14.3. The van der Waals surface area contributed by atoms with Gasteiger partial charge in [0.1, 0.15) is 5.60 Å². The summed E-state index contributed by atoms with van der Waals surface area (Å²) in [6, 6.07) is 0.790. The summed E-state index contributed by atoms with van der Waals surface area (Å²) >= 11 is 0. The van der Waals surface area contributed by atoms with Crippen LogP contribution in [0.3, 0.4) is 0 Å². The summed E-state index contributed by atoms with van der Waals surface area (Å²) in [5, 5.41) is 3.75. The van der Waals surface area contributed by atoms with Crippen molar-refractivity contribution in [2.45, 2.75) is 84.9 Å². The Morgan fingerprint density at radius 1 is 1.29 bits per heavy atom. The number of hydrogen-bond donors (Lipinski definition) is 1. The van der Waals surface area contributed by atoms with E-state index in [2.05, 4.69) is 50.4 Å². The van der Waals surface area contributed by atoms with E-state index in [1.807, 2.05) is 25.7 Å². The molecule has 1 aliphatic heterocycles. The molecule has 0 spiro atoms. The molecule has 0 aromatic heterocycles. The van der Waals surface area contributed by atoms with Crippen LogP contribution in [0.1, 0.15) is 67.2 Å². The number of amides is 1. The maximum absolute atomic E-state index is 12.6. The largest absolute Gasteiger partial charge is 0.444 e. The predicted molar refractivity (Wildman–Crippen MR) is 115 cm³/mol. The number of rotatable bonds is 4. The first kappa shape index (κ1) is 21.2. The van der Waals surface area contributed by atoms with E-state index in [0.717, 1.165) is 38.8 Å². The summed E-state index contributed by atoms with van der Waals surface area (Å²) < 4.78 is 5.62. The third-order valence-electron chi connectivity index (χ3n) is 5.88. The van der Waals surface area contributed by atoms with Crippen LogP contribution >= 0.6 is 0 Å². The van der Waals surface area contributed by atoms with Crippen molar-refractivity contribution in [2.75, 3.05) is 13.1 Å². The third kappa shape index (κ3) is 5.50. The lowest BCUT2D eigenvalue weighted by Crippen LogP contribution is -2.41. The van der Waals surface area contributed by atoms with Gasteiger partial charge in [0, 0.05) is 24.0 Å². The van der Waals surface area contributed by atoms with E-state index < -0.39 is 5.60 Å². The molecule has 1 N–H and O–H groups in total. The van der Waals surface area contributed by atoms with E-state index in [-0.39, 0.29) is 17.6 Å². The standard InChI is InChI=1S/C24H38N2O2/c1-17-12-21(26(16-17)22(27)28-23(2,3)4)9-11-25-20-13-18-8-7-10-24(5,6)15-19(18)14-20/h7-8,10,15,17,20-21,25H,9,11-14,16H2,1-6H3. The van der Waals surface area contributed by atoms with Gasteiger partial charge in [-0.3, -0.25) is 0 Å². The summed E-state index contributed by atoms with van der Waals surface area (Å²) in [5.41, 5.74) is 2.67. The van der Waals surface area contributed by atoms with Crippen molar-refractivity contribution >= 4 is 6.09 Å². The molecular weight excluding hydrogens is 348 g/mol. The average molecular weight is 387 g/mol. The van der Waals surface area contributed by atoms with Crippen LogP contribution in [0.25, 0.3) is 0 Å². The Hall–Kier alpha value is -1.55. The van der Waals surface area contributed by atoms with Crippen LogP contribution in [0.4, 0.5) is 4.79 Å². The number of ether oxygens (including phenoxy) is 1. The van der Waals surface area contributed by atoms with E-state index in [0.29, 0.717) is 12.0 Å². The second kappa shape index (κ2) is 8.06. The van der Waals surface area contributed by atoms with Gasteiger partial charge in [0.15, 0.2) is 0 Å². The number of hydrogen-bond acceptors (Lipinski definition) is 3. The van der Waals surface area contributed by atoms with E-state index in [4.69, 9.17) is 4.74 Å². The Labute approximate surface area is 171 Å². The molecule has 156 valence electrons. The first-order valence-electron chi connectivity index (χ1n) is 10.9. The fraction of sp³-hybridized carbons (Fsp3) is 0.708. The number of fused-ring (bicyclic) bond motifs is 1. The molecule has 1 saturated carbocycles. The Morgan fingerprint density at radius 2 is 2.00 bits per heavy atom. The normalized spacial score (nSPS) is 29.2. The van der Waals surface area contributed by atoms with Crippen LogP contribution in [0, 0.1) is 11.3 Å². The first-order valence-corrected chi connectivity index (χ1v) is 10.9. The monoisotopic (exact) mass is 386 g/mol. The topological polar surface area (TPSA) is 41.6 Å². The molecule has 0 aromatic rings. The van der Waals surface area contributed by atoms with Crippen LogP contribution in [0.5, 0.6) is 0 Å². The van der Waals surface area contributed by atoms with Gasteiger partial charge in [-0.05, 0) is 70.1 Å². The molecular formula is C24H38N2O2. The predicted octanol–water partition coefficient (Wildman–Crippen LogP) is 5.22. The number of nitrogens with one attached hydrogen (secondary N) is 1. The minimum Gasteiger partial charge on any atom is -0.444 e. The molecule has 2 fully saturated rings. The quantitative estimate of drug-likeness (QED) is 0.720. The Balaban J connectivity index is 1.51. The van der Waals surface area contributed by atoms with Gasteiger partial charge in [-0.25, -0.2) is 4.79 Å². The summed E-state index contributed by atoms with van der Waals surface area (Å²) in [7, 11) is 0. The van der Waals surface area contributed by atoms with E-state index in [1.165, 1.54) is 11.1 Å². The van der Waals surface area contributed by atoms with Crippen molar-refractivity contribution in [2.24, 2.45) is 11.3 Å². The molecule has 4 heteroatoms. The smallest absolute Gasteiger partial charge is 0.410 e. The first-order chi connectivity index (χ1) is 13.0. The van der Waals surface area contributed by atoms with Gasteiger partial charge in [0.2, 0.25) is 0 Å². The molecule has 3 atom stereocenters. The SMILES string of the molecule is CC1CC(CCNC2CC3=CC=CC(C)(C)C=C3C2)N(C(=O)OC(C)(C)C)C1. The van der Waals surface area contributed by atoms with Crippen molar-refractivity contribution in [1.29, 1.82) is 0 Å². The maximum Gasteiger partial charge on any atom is 0.410 e. The lowest BCUT2D eigenvalue weighted by atomic mass is 9.90. The minimum atomic E-state index is -0.436. The summed E-state index contributed by atoms with van der Waals surface area (Å²) in [4.78, 5) is 14.5. The zero-order chi connectivity index (χ0) is 20.5. The van der Waals surface area contributed by atoms with Crippen LogP contribution in [-0.4, -0.2) is 41.8 Å². The lowest BCUT2D eigenvalue weighted by molar-refractivity contribution is 0.0216. The summed E-state index contributed by atoms with van der Waals surface area (Å²) in [5.74, 6) is 0.542. The highest BCUT2D eigenvalue weighted by Crippen LogP contribution is 2.37. The van der Waals surface area contributed by atoms with Gasteiger partial charge < -0.3 is 15.0 Å². The molecule has 3 rings (SSSR count). The van der Waals surface area contributed by atoms with E-state index >= 15 is 0 Å². The second-order valence-corrected chi connectivity index (χ2v) is 10.5. The molecule has 2 aliphatic carbocycles. The molecule has 3 aliphatic rings. The number of carbonyl (C=O) groups excluding carboxylic acids is 1. The highest BCUT2D eigenvalue weighted by molar-refractivity contribution is 5.69. The van der Waals surface area contributed by atoms with Crippen molar-refractivity contribution in [3.05, 3.63) is 35.5 Å². The van der Waals surface area contributed by atoms with Crippen molar-refractivity contribution in [1.82, 2.24) is 10.2 Å². The van der Waals surface area contributed by atoms with Crippen LogP contribution < -0.4 is 5.32 Å².